The molecule has 1 atom stereocenters. The van der Waals surface area contributed by atoms with Crippen LogP contribution in [0.1, 0.15) is 18.4 Å². The van der Waals surface area contributed by atoms with Crippen molar-refractivity contribution in [2.24, 2.45) is 0 Å². The third kappa shape index (κ3) is 5.65. The largest absolute Gasteiger partial charge is 0.463 e. The predicted octanol–water partition coefficient (Wildman–Crippen LogP) is 2.89. The SMILES string of the molecule is Cc1ccc(C(C)(O)CNC(=O)NCCSc2ccccc2)o1. The van der Waals surface area contributed by atoms with Gasteiger partial charge in [-0.15, -0.1) is 11.8 Å². The number of urea groups is 1. The van der Waals surface area contributed by atoms with Crippen molar-refractivity contribution in [2.75, 3.05) is 18.8 Å². The monoisotopic (exact) mass is 334 g/mol. The Kier molecular flexibility index (Phi) is 6.12. The molecule has 0 saturated heterocycles. The Morgan fingerprint density at radius 3 is 2.61 bits per heavy atom. The van der Waals surface area contributed by atoms with Gasteiger partial charge in [-0.25, -0.2) is 4.79 Å². The maximum absolute atomic E-state index is 11.8. The average Bonchev–Trinajstić information content (AvgIpc) is 2.98. The summed E-state index contributed by atoms with van der Waals surface area (Å²) in [4.78, 5) is 12.9. The highest BCUT2D eigenvalue weighted by atomic mass is 32.2. The number of hydrogen-bond donors (Lipinski definition) is 3. The van der Waals surface area contributed by atoms with E-state index in [1.807, 2.05) is 37.3 Å². The minimum absolute atomic E-state index is 0.0810. The van der Waals surface area contributed by atoms with Crippen LogP contribution in [0, 0.1) is 6.92 Å². The van der Waals surface area contributed by atoms with E-state index >= 15 is 0 Å². The number of thioether (sulfide) groups is 1. The Labute approximate surface area is 140 Å². The summed E-state index contributed by atoms with van der Waals surface area (Å²) in [6.45, 7) is 4.05. The topological polar surface area (TPSA) is 74.5 Å². The van der Waals surface area contributed by atoms with Gasteiger partial charge in [-0.3, -0.25) is 0 Å². The first-order valence-corrected chi connectivity index (χ1v) is 8.45. The van der Waals surface area contributed by atoms with Gasteiger partial charge in [-0.1, -0.05) is 18.2 Å². The van der Waals surface area contributed by atoms with Crippen LogP contribution < -0.4 is 10.6 Å². The molecule has 124 valence electrons. The van der Waals surface area contributed by atoms with Crippen LogP contribution in [0.5, 0.6) is 0 Å². The van der Waals surface area contributed by atoms with Crippen molar-refractivity contribution < 1.29 is 14.3 Å². The summed E-state index contributed by atoms with van der Waals surface area (Å²) < 4.78 is 5.40. The maximum Gasteiger partial charge on any atom is 0.314 e. The van der Waals surface area contributed by atoms with Gasteiger partial charge in [0, 0.05) is 17.2 Å². The Hall–Kier alpha value is -1.92. The zero-order chi connectivity index (χ0) is 16.7. The van der Waals surface area contributed by atoms with Crippen molar-refractivity contribution in [3.05, 3.63) is 54.0 Å². The molecule has 5 nitrogen and oxygen atoms in total. The van der Waals surface area contributed by atoms with E-state index in [9.17, 15) is 9.90 Å². The molecular formula is C17H22N2O3S. The molecule has 1 heterocycles. The number of aryl methyl sites for hydroxylation is 1. The van der Waals surface area contributed by atoms with Crippen molar-refractivity contribution in [1.82, 2.24) is 10.6 Å². The summed E-state index contributed by atoms with van der Waals surface area (Å²) in [5.74, 6) is 1.95. The number of nitrogens with one attached hydrogen (secondary N) is 2. The second-order valence-corrected chi connectivity index (χ2v) is 6.62. The van der Waals surface area contributed by atoms with Crippen LogP contribution in [0.3, 0.4) is 0 Å². The third-order valence-corrected chi connectivity index (χ3v) is 4.28. The molecular weight excluding hydrogens is 312 g/mol. The van der Waals surface area contributed by atoms with E-state index in [-0.39, 0.29) is 12.6 Å². The summed E-state index contributed by atoms with van der Waals surface area (Å²) in [6.07, 6.45) is 0. The smallest absolute Gasteiger partial charge is 0.314 e. The molecule has 2 rings (SSSR count). The van der Waals surface area contributed by atoms with E-state index in [0.717, 1.165) is 11.5 Å². The normalized spacial score (nSPS) is 13.3. The number of hydrogen-bond acceptors (Lipinski definition) is 4. The van der Waals surface area contributed by atoms with E-state index in [1.165, 1.54) is 4.90 Å². The maximum atomic E-state index is 11.8. The fraction of sp³-hybridized carbons (Fsp3) is 0.353. The van der Waals surface area contributed by atoms with Gasteiger partial charge in [0.05, 0.1) is 6.54 Å². The molecule has 2 aromatic rings. The van der Waals surface area contributed by atoms with Gasteiger partial charge in [-0.2, -0.15) is 0 Å². The third-order valence-electron chi connectivity index (χ3n) is 3.26. The fourth-order valence-corrected chi connectivity index (χ4v) is 2.77. The van der Waals surface area contributed by atoms with Crippen LogP contribution in [-0.2, 0) is 5.60 Å². The zero-order valence-electron chi connectivity index (χ0n) is 13.3. The second-order valence-electron chi connectivity index (χ2n) is 5.46. The first-order chi connectivity index (χ1) is 11.0. The van der Waals surface area contributed by atoms with Crippen LogP contribution >= 0.6 is 11.8 Å². The minimum Gasteiger partial charge on any atom is -0.463 e. The molecule has 0 radical (unpaired) electrons. The Morgan fingerprint density at radius 2 is 1.96 bits per heavy atom. The lowest BCUT2D eigenvalue weighted by Crippen LogP contribution is -2.43. The Bertz CT molecular complexity index is 626. The molecule has 3 N–H and O–H groups in total. The molecule has 1 unspecified atom stereocenters. The number of carbonyl (C=O) groups excluding carboxylic acids is 1. The zero-order valence-corrected chi connectivity index (χ0v) is 14.2. The first kappa shape index (κ1) is 17.4. The lowest BCUT2D eigenvalue weighted by molar-refractivity contribution is 0.0360. The highest BCUT2D eigenvalue weighted by Gasteiger charge is 2.27. The molecule has 2 amide bonds. The van der Waals surface area contributed by atoms with Gasteiger partial charge < -0.3 is 20.2 Å². The fourth-order valence-electron chi connectivity index (χ4n) is 1.98. The van der Waals surface area contributed by atoms with Gasteiger partial charge in [0.1, 0.15) is 17.1 Å². The highest BCUT2D eigenvalue weighted by molar-refractivity contribution is 7.99. The summed E-state index contributed by atoms with van der Waals surface area (Å²) in [5, 5.41) is 15.8. The van der Waals surface area contributed by atoms with E-state index < -0.39 is 5.60 Å². The predicted molar refractivity (Wildman–Crippen MR) is 91.6 cm³/mol. The Morgan fingerprint density at radius 1 is 1.22 bits per heavy atom. The van der Waals surface area contributed by atoms with Gasteiger partial charge in [-0.05, 0) is 38.1 Å². The van der Waals surface area contributed by atoms with Crippen molar-refractivity contribution in [3.8, 4) is 0 Å². The van der Waals surface area contributed by atoms with Crippen LogP contribution in [0.15, 0.2) is 51.8 Å². The summed E-state index contributed by atoms with van der Waals surface area (Å²) in [6, 6.07) is 13.2. The molecule has 0 fully saturated rings. The standard InChI is InChI=1S/C17H22N2O3S/c1-13-8-9-15(22-13)17(2,21)12-19-16(20)18-10-11-23-14-6-4-3-5-7-14/h3-9,21H,10-12H2,1-2H3,(H2,18,19,20). The lowest BCUT2D eigenvalue weighted by Gasteiger charge is -2.21. The van der Waals surface area contributed by atoms with Gasteiger partial charge in [0.25, 0.3) is 0 Å². The molecule has 0 saturated carbocycles. The quantitative estimate of drug-likeness (QED) is 0.538. The van der Waals surface area contributed by atoms with Crippen LogP contribution in [0.25, 0.3) is 0 Å². The molecule has 0 aliphatic rings. The van der Waals surface area contributed by atoms with E-state index in [2.05, 4.69) is 10.6 Å². The molecule has 0 bridgehead atoms. The minimum atomic E-state index is -1.23. The molecule has 0 aliphatic carbocycles. The molecule has 6 heteroatoms. The molecule has 1 aromatic heterocycles. The summed E-state index contributed by atoms with van der Waals surface area (Å²) in [5.41, 5.74) is -1.23. The number of amides is 2. The van der Waals surface area contributed by atoms with Crippen LogP contribution in [-0.4, -0.2) is 30.0 Å². The molecule has 0 aliphatic heterocycles. The van der Waals surface area contributed by atoms with Crippen LogP contribution in [0.2, 0.25) is 0 Å². The summed E-state index contributed by atoms with van der Waals surface area (Å²) >= 11 is 1.68. The molecule has 23 heavy (non-hydrogen) atoms. The average molecular weight is 334 g/mol. The van der Waals surface area contributed by atoms with Crippen molar-refractivity contribution >= 4 is 17.8 Å². The molecule has 0 spiro atoms. The highest BCUT2D eigenvalue weighted by Crippen LogP contribution is 2.21. The lowest BCUT2D eigenvalue weighted by atomic mass is 10.0. The summed E-state index contributed by atoms with van der Waals surface area (Å²) in [7, 11) is 0. The second kappa shape index (κ2) is 8.08. The Balaban J connectivity index is 1.67. The van der Waals surface area contributed by atoms with Crippen molar-refractivity contribution in [2.45, 2.75) is 24.3 Å². The first-order valence-electron chi connectivity index (χ1n) is 7.46. The van der Waals surface area contributed by atoms with Crippen molar-refractivity contribution in [1.29, 1.82) is 0 Å². The number of carbonyl (C=O) groups is 1. The number of furan rings is 1. The van der Waals surface area contributed by atoms with E-state index in [4.69, 9.17) is 4.42 Å². The molecule has 1 aromatic carbocycles. The van der Waals surface area contributed by atoms with Crippen molar-refractivity contribution in [3.63, 3.8) is 0 Å². The van der Waals surface area contributed by atoms with Crippen LogP contribution in [0.4, 0.5) is 4.79 Å². The van der Waals surface area contributed by atoms with Gasteiger partial charge in [0.15, 0.2) is 0 Å². The number of rotatable bonds is 7. The van der Waals surface area contributed by atoms with E-state index in [1.54, 1.807) is 30.8 Å². The number of aliphatic hydroxyl groups is 1. The van der Waals surface area contributed by atoms with Gasteiger partial charge >= 0.3 is 6.03 Å². The van der Waals surface area contributed by atoms with Gasteiger partial charge in [0.2, 0.25) is 0 Å². The number of benzene rings is 1. The van der Waals surface area contributed by atoms with E-state index in [0.29, 0.717) is 12.3 Å².